The summed E-state index contributed by atoms with van der Waals surface area (Å²) in [7, 11) is 5.30. The van der Waals surface area contributed by atoms with Gasteiger partial charge < -0.3 is 24.4 Å². The molecule has 0 radical (unpaired) electrons. The zero-order chi connectivity index (χ0) is 25.7. The van der Waals surface area contributed by atoms with Gasteiger partial charge in [-0.05, 0) is 49.5 Å². The number of Topliss-reactive ketones (excluding diaryl/α,β-unsaturated/α-hetero) is 1. The molecule has 36 heavy (non-hydrogen) atoms. The largest absolute Gasteiger partial charge is 0.507 e. The lowest BCUT2D eigenvalue weighted by Gasteiger charge is -2.27. The predicted octanol–water partition coefficient (Wildman–Crippen LogP) is 4.26. The molecule has 1 unspecified atom stereocenters. The zero-order valence-electron chi connectivity index (χ0n) is 20.7. The van der Waals surface area contributed by atoms with Gasteiger partial charge >= 0.3 is 0 Å². The quantitative estimate of drug-likeness (QED) is 0.277. The molecular formula is C29H30N2O5. The predicted molar refractivity (Wildman–Crippen MR) is 138 cm³/mol. The van der Waals surface area contributed by atoms with Crippen molar-refractivity contribution >= 4 is 17.4 Å². The van der Waals surface area contributed by atoms with Gasteiger partial charge in [0.05, 0.1) is 24.3 Å². The first-order valence-electron chi connectivity index (χ1n) is 11.7. The van der Waals surface area contributed by atoms with E-state index in [1.807, 2.05) is 73.6 Å². The highest BCUT2D eigenvalue weighted by atomic mass is 16.5. The van der Waals surface area contributed by atoms with Crippen LogP contribution in [0.5, 0.6) is 11.5 Å². The van der Waals surface area contributed by atoms with Crippen molar-refractivity contribution in [1.29, 1.82) is 0 Å². The van der Waals surface area contributed by atoms with Crippen molar-refractivity contribution in [2.45, 2.75) is 12.6 Å². The molecule has 1 atom stereocenters. The number of aliphatic hydroxyl groups is 1. The Morgan fingerprint density at radius 2 is 1.69 bits per heavy atom. The van der Waals surface area contributed by atoms with E-state index in [0.29, 0.717) is 42.3 Å². The number of carbonyl (C=O) groups is 2. The van der Waals surface area contributed by atoms with Crippen LogP contribution in [-0.2, 0) is 16.2 Å². The Bertz CT molecular complexity index is 1270. The lowest BCUT2D eigenvalue weighted by molar-refractivity contribution is -0.140. The number of ether oxygens (including phenoxy) is 2. The minimum Gasteiger partial charge on any atom is -0.507 e. The lowest BCUT2D eigenvalue weighted by Crippen LogP contribution is -2.35. The molecule has 0 saturated carbocycles. The molecule has 3 aromatic carbocycles. The van der Waals surface area contributed by atoms with Gasteiger partial charge in [-0.2, -0.15) is 0 Å². The molecule has 1 fully saturated rings. The fourth-order valence-corrected chi connectivity index (χ4v) is 4.27. The van der Waals surface area contributed by atoms with E-state index in [2.05, 4.69) is 0 Å². The summed E-state index contributed by atoms with van der Waals surface area (Å²) in [6.07, 6.45) is 0. The van der Waals surface area contributed by atoms with Crippen LogP contribution in [0.25, 0.3) is 5.76 Å². The van der Waals surface area contributed by atoms with E-state index >= 15 is 0 Å². The molecule has 1 amide bonds. The molecule has 0 aliphatic carbocycles. The van der Waals surface area contributed by atoms with E-state index < -0.39 is 17.7 Å². The molecule has 0 bridgehead atoms. The first kappa shape index (κ1) is 25.0. The van der Waals surface area contributed by atoms with E-state index in [1.54, 1.807) is 24.3 Å². The van der Waals surface area contributed by atoms with E-state index in [9.17, 15) is 14.7 Å². The van der Waals surface area contributed by atoms with Crippen molar-refractivity contribution in [3.63, 3.8) is 0 Å². The first-order chi connectivity index (χ1) is 17.4. The van der Waals surface area contributed by atoms with Gasteiger partial charge in [-0.25, -0.2) is 0 Å². The van der Waals surface area contributed by atoms with Crippen LogP contribution in [0.4, 0.5) is 0 Å². The van der Waals surface area contributed by atoms with Gasteiger partial charge in [0.15, 0.2) is 0 Å². The first-order valence-corrected chi connectivity index (χ1v) is 11.7. The second-order valence-electron chi connectivity index (χ2n) is 8.84. The lowest BCUT2D eigenvalue weighted by atomic mass is 9.95. The van der Waals surface area contributed by atoms with Gasteiger partial charge in [0.1, 0.15) is 23.9 Å². The molecular weight excluding hydrogens is 456 g/mol. The summed E-state index contributed by atoms with van der Waals surface area (Å²) in [5.41, 5.74) is 2.08. The van der Waals surface area contributed by atoms with Crippen molar-refractivity contribution in [2.75, 3.05) is 34.3 Å². The van der Waals surface area contributed by atoms with Crippen molar-refractivity contribution in [3.8, 4) is 11.5 Å². The molecule has 1 aliphatic heterocycles. The van der Waals surface area contributed by atoms with E-state index in [0.717, 1.165) is 5.56 Å². The third-order valence-electron chi connectivity index (χ3n) is 6.11. The van der Waals surface area contributed by atoms with Gasteiger partial charge in [0.2, 0.25) is 0 Å². The molecule has 1 N–H and O–H groups in total. The van der Waals surface area contributed by atoms with Crippen LogP contribution in [-0.4, -0.2) is 60.9 Å². The maximum Gasteiger partial charge on any atom is 0.295 e. The van der Waals surface area contributed by atoms with Crippen LogP contribution in [0.15, 0.2) is 84.4 Å². The van der Waals surface area contributed by atoms with E-state index in [4.69, 9.17) is 9.47 Å². The van der Waals surface area contributed by atoms with Crippen LogP contribution in [0.3, 0.4) is 0 Å². The Balaban J connectivity index is 1.76. The molecule has 1 saturated heterocycles. The SMILES string of the molecule is COc1ccccc1/C(O)=C1/C(=O)C(=O)N(CCN(C)C)C1c1cccc(OCc2ccccc2)c1. The number of amides is 1. The summed E-state index contributed by atoms with van der Waals surface area (Å²) in [5, 5.41) is 11.3. The second-order valence-corrected chi connectivity index (χ2v) is 8.84. The van der Waals surface area contributed by atoms with Crippen molar-refractivity contribution in [1.82, 2.24) is 9.80 Å². The topological polar surface area (TPSA) is 79.3 Å². The van der Waals surface area contributed by atoms with Gasteiger partial charge in [-0.3, -0.25) is 9.59 Å². The number of methoxy groups -OCH3 is 1. The number of nitrogens with zero attached hydrogens (tertiary/aromatic N) is 2. The molecule has 186 valence electrons. The third-order valence-corrected chi connectivity index (χ3v) is 6.11. The maximum absolute atomic E-state index is 13.3. The number of likely N-dealkylation sites (tertiary alicyclic amines) is 1. The Morgan fingerprint density at radius 3 is 2.42 bits per heavy atom. The average molecular weight is 487 g/mol. The summed E-state index contributed by atoms with van der Waals surface area (Å²) in [6, 6.07) is 23.2. The highest BCUT2D eigenvalue weighted by Gasteiger charge is 2.46. The van der Waals surface area contributed by atoms with Crippen LogP contribution < -0.4 is 9.47 Å². The number of rotatable bonds is 9. The number of aliphatic hydroxyl groups excluding tert-OH is 1. The van der Waals surface area contributed by atoms with Crippen LogP contribution in [0.2, 0.25) is 0 Å². The number of ketones is 1. The Hall–Kier alpha value is -4.10. The number of likely N-dealkylation sites (N-methyl/N-ethyl adjacent to an activating group) is 1. The maximum atomic E-state index is 13.3. The monoisotopic (exact) mass is 486 g/mol. The van der Waals surface area contributed by atoms with Crippen LogP contribution in [0, 0.1) is 0 Å². The summed E-state index contributed by atoms with van der Waals surface area (Å²) < 4.78 is 11.4. The smallest absolute Gasteiger partial charge is 0.295 e. The molecule has 0 spiro atoms. The van der Waals surface area contributed by atoms with Gasteiger partial charge in [-0.15, -0.1) is 0 Å². The van der Waals surface area contributed by atoms with Crippen molar-refractivity contribution < 1.29 is 24.2 Å². The van der Waals surface area contributed by atoms with Gasteiger partial charge in [0.25, 0.3) is 11.7 Å². The Labute approximate surface area is 211 Å². The van der Waals surface area contributed by atoms with Crippen LogP contribution in [0.1, 0.15) is 22.7 Å². The number of carbonyl (C=O) groups excluding carboxylic acids is 2. The standard InChI is InChI=1S/C29H30N2O5/c1-30(2)16-17-31-26(21-12-9-13-22(18-21)36-19-20-10-5-4-6-11-20)25(28(33)29(31)34)27(32)23-14-7-8-15-24(23)35-3/h4-15,18,26,32H,16-17,19H2,1-3H3/b27-25-. The molecule has 7 heteroatoms. The highest BCUT2D eigenvalue weighted by Crippen LogP contribution is 2.41. The van der Waals surface area contributed by atoms with Gasteiger partial charge in [-0.1, -0.05) is 54.6 Å². The minimum atomic E-state index is -0.768. The number of para-hydroxylation sites is 1. The summed E-state index contributed by atoms with van der Waals surface area (Å²) in [6.45, 7) is 1.26. The highest BCUT2D eigenvalue weighted by molar-refractivity contribution is 6.46. The second kappa shape index (κ2) is 11.1. The fourth-order valence-electron chi connectivity index (χ4n) is 4.27. The number of hydrogen-bond donors (Lipinski definition) is 1. The Kier molecular flexibility index (Phi) is 7.71. The van der Waals surface area contributed by atoms with Crippen LogP contribution >= 0.6 is 0 Å². The average Bonchev–Trinajstić information content (AvgIpc) is 3.16. The molecule has 1 heterocycles. The summed E-state index contributed by atoms with van der Waals surface area (Å²) in [4.78, 5) is 29.9. The molecule has 7 nitrogen and oxygen atoms in total. The summed E-state index contributed by atoms with van der Waals surface area (Å²) >= 11 is 0. The number of benzene rings is 3. The Morgan fingerprint density at radius 1 is 0.972 bits per heavy atom. The van der Waals surface area contributed by atoms with E-state index in [1.165, 1.54) is 12.0 Å². The molecule has 4 rings (SSSR count). The molecule has 1 aliphatic rings. The summed E-state index contributed by atoms with van der Waals surface area (Å²) in [5.74, 6) is -0.620. The number of hydrogen-bond acceptors (Lipinski definition) is 6. The third kappa shape index (κ3) is 5.26. The normalized spacial score (nSPS) is 17.0. The molecule has 3 aromatic rings. The molecule has 0 aromatic heterocycles. The fraction of sp³-hybridized carbons (Fsp3) is 0.241. The van der Waals surface area contributed by atoms with Crippen molar-refractivity contribution in [3.05, 3.63) is 101 Å². The van der Waals surface area contributed by atoms with Crippen molar-refractivity contribution in [2.24, 2.45) is 0 Å². The minimum absolute atomic E-state index is 0.0310. The van der Waals surface area contributed by atoms with Gasteiger partial charge in [0, 0.05) is 13.1 Å². The van der Waals surface area contributed by atoms with E-state index in [-0.39, 0.29) is 11.3 Å². The zero-order valence-corrected chi connectivity index (χ0v) is 20.7.